The standard InChI is InChI=1S/C20H14NO4.C5H9N3/c1-21-8-15-12(4-5-16-20(15)25-10-22-16)13-3-2-11-6-17-18(24-9-23-17)7-14(11)19(13)21;6-2-1-5-3-7-4-8-5/h2-8H,9-10H2,1H3;3-4H,1-2,6H2,(H,7,8)/q+1;. The van der Waals surface area contributed by atoms with Gasteiger partial charge in [0.1, 0.15) is 7.05 Å². The fourth-order valence-electron chi connectivity index (χ4n) is 4.49. The molecule has 5 aromatic rings. The molecular formula is C25H23N4O4+. The zero-order chi connectivity index (χ0) is 22.4. The van der Waals surface area contributed by atoms with Gasteiger partial charge < -0.3 is 29.7 Å². The molecule has 0 amide bonds. The van der Waals surface area contributed by atoms with Crippen LogP contribution in [-0.4, -0.2) is 30.1 Å². The van der Waals surface area contributed by atoms with Gasteiger partial charge in [-0.3, -0.25) is 0 Å². The van der Waals surface area contributed by atoms with Crippen LogP contribution < -0.4 is 29.2 Å². The van der Waals surface area contributed by atoms with Gasteiger partial charge in [-0.15, -0.1) is 0 Å². The normalized spacial score (nSPS) is 13.5. The number of rotatable bonds is 2. The topological polar surface area (TPSA) is 95.5 Å². The number of nitrogens with two attached hydrogens (primary N) is 1. The van der Waals surface area contributed by atoms with Crippen LogP contribution in [-0.2, 0) is 13.5 Å². The first-order chi connectivity index (χ1) is 16.2. The van der Waals surface area contributed by atoms with Crippen molar-refractivity contribution < 1.29 is 23.5 Å². The summed E-state index contributed by atoms with van der Waals surface area (Å²) in [5.41, 5.74) is 7.46. The lowest BCUT2D eigenvalue weighted by atomic mass is 10.00. The number of hydrogen-bond donors (Lipinski definition) is 2. The number of H-pyrrole nitrogens is 1. The third-order valence-corrected chi connectivity index (χ3v) is 5.98. The number of aromatic nitrogens is 3. The van der Waals surface area contributed by atoms with E-state index in [0.29, 0.717) is 6.54 Å². The lowest BCUT2D eigenvalue weighted by Crippen LogP contribution is -2.28. The van der Waals surface area contributed by atoms with Gasteiger partial charge >= 0.3 is 0 Å². The molecule has 0 saturated carbocycles. The Labute approximate surface area is 189 Å². The zero-order valence-corrected chi connectivity index (χ0v) is 18.1. The van der Waals surface area contributed by atoms with Crippen molar-refractivity contribution in [2.75, 3.05) is 20.1 Å². The van der Waals surface area contributed by atoms with E-state index in [0.717, 1.165) is 62.2 Å². The molecule has 0 saturated heterocycles. The number of pyridine rings is 1. The van der Waals surface area contributed by atoms with Crippen molar-refractivity contribution in [3.05, 3.63) is 60.8 Å². The molecule has 4 heterocycles. The number of nitrogens with zero attached hydrogens (tertiary/aromatic N) is 2. The molecule has 8 heteroatoms. The molecule has 33 heavy (non-hydrogen) atoms. The number of aromatic amines is 1. The highest BCUT2D eigenvalue weighted by Crippen LogP contribution is 2.42. The van der Waals surface area contributed by atoms with Gasteiger partial charge in [-0.05, 0) is 42.3 Å². The number of nitrogens with one attached hydrogen (secondary N) is 1. The summed E-state index contributed by atoms with van der Waals surface area (Å²) < 4.78 is 24.4. The average Bonchev–Trinajstić information content (AvgIpc) is 3.59. The Morgan fingerprint density at radius 2 is 1.70 bits per heavy atom. The minimum Gasteiger partial charge on any atom is -0.454 e. The maximum atomic E-state index is 5.69. The molecule has 2 aromatic heterocycles. The van der Waals surface area contributed by atoms with Crippen molar-refractivity contribution in [1.82, 2.24) is 9.97 Å². The Balaban J connectivity index is 0.000000221. The summed E-state index contributed by atoms with van der Waals surface area (Å²) in [4.78, 5) is 6.82. The second kappa shape index (κ2) is 7.83. The van der Waals surface area contributed by atoms with Crippen molar-refractivity contribution in [3.63, 3.8) is 0 Å². The third-order valence-electron chi connectivity index (χ3n) is 5.98. The van der Waals surface area contributed by atoms with Crippen molar-refractivity contribution in [1.29, 1.82) is 0 Å². The summed E-state index contributed by atoms with van der Waals surface area (Å²) in [5.74, 6) is 3.22. The number of imidazole rings is 1. The first kappa shape index (κ1) is 19.6. The highest BCUT2D eigenvalue weighted by Gasteiger charge is 2.24. The van der Waals surface area contributed by atoms with Crippen LogP contribution in [0.1, 0.15) is 5.69 Å². The van der Waals surface area contributed by atoms with E-state index >= 15 is 0 Å². The highest BCUT2D eigenvalue weighted by atomic mass is 16.7. The monoisotopic (exact) mass is 443 g/mol. The summed E-state index contributed by atoms with van der Waals surface area (Å²) in [6, 6.07) is 12.5. The van der Waals surface area contributed by atoms with E-state index in [1.54, 1.807) is 6.33 Å². The van der Waals surface area contributed by atoms with Crippen LogP contribution in [0.2, 0.25) is 0 Å². The number of ether oxygens (including phenoxy) is 4. The number of fused-ring (bicyclic) bond motifs is 8. The third kappa shape index (κ3) is 3.27. The first-order valence-corrected chi connectivity index (χ1v) is 10.8. The predicted molar refractivity (Wildman–Crippen MR) is 124 cm³/mol. The molecule has 3 N–H and O–H groups in total. The molecule has 0 unspecified atom stereocenters. The highest BCUT2D eigenvalue weighted by molar-refractivity contribution is 6.15. The van der Waals surface area contributed by atoms with Crippen LogP contribution in [0.15, 0.2) is 55.1 Å². The lowest BCUT2D eigenvalue weighted by Gasteiger charge is -2.08. The summed E-state index contributed by atoms with van der Waals surface area (Å²) in [6.45, 7) is 1.23. The second-order valence-electron chi connectivity index (χ2n) is 7.99. The van der Waals surface area contributed by atoms with Crippen LogP contribution >= 0.6 is 0 Å². The van der Waals surface area contributed by atoms with Crippen molar-refractivity contribution in [2.24, 2.45) is 12.8 Å². The van der Waals surface area contributed by atoms with Gasteiger partial charge in [-0.2, -0.15) is 4.57 Å². The van der Waals surface area contributed by atoms with E-state index in [1.807, 2.05) is 18.3 Å². The summed E-state index contributed by atoms with van der Waals surface area (Å²) in [5, 5.41) is 5.66. The van der Waals surface area contributed by atoms with E-state index in [2.05, 4.69) is 52.0 Å². The second-order valence-corrected chi connectivity index (χ2v) is 7.99. The molecule has 0 bridgehead atoms. The van der Waals surface area contributed by atoms with Crippen molar-refractivity contribution in [3.8, 4) is 23.0 Å². The molecule has 3 aromatic carbocycles. The summed E-state index contributed by atoms with van der Waals surface area (Å²) in [6.07, 6.45) is 6.48. The van der Waals surface area contributed by atoms with E-state index in [-0.39, 0.29) is 13.6 Å². The van der Waals surface area contributed by atoms with Gasteiger partial charge in [0.2, 0.25) is 19.1 Å². The quantitative estimate of drug-likeness (QED) is 0.321. The first-order valence-electron chi connectivity index (χ1n) is 10.8. The van der Waals surface area contributed by atoms with Gasteiger partial charge in [-0.1, -0.05) is 6.07 Å². The smallest absolute Gasteiger partial charge is 0.231 e. The molecular weight excluding hydrogens is 420 g/mol. The summed E-state index contributed by atoms with van der Waals surface area (Å²) >= 11 is 0. The summed E-state index contributed by atoms with van der Waals surface area (Å²) in [7, 11) is 2.06. The fourth-order valence-corrected chi connectivity index (χ4v) is 4.49. The van der Waals surface area contributed by atoms with Crippen molar-refractivity contribution >= 4 is 32.4 Å². The maximum Gasteiger partial charge on any atom is 0.231 e. The lowest BCUT2D eigenvalue weighted by molar-refractivity contribution is -0.642. The molecule has 8 nitrogen and oxygen atoms in total. The predicted octanol–water partition coefficient (Wildman–Crippen LogP) is 3.34. The van der Waals surface area contributed by atoms with Crippen molar-refractivity contribution in [2.45, 2.75) is 6.42 Å². The molecule has 0 radical (unpaired) electrons. The maximum absolute atomic E-state index is 5.69. The Kier molecular flexibility index (Phi) is 4.66. The minimum absolute atomic E-state index is 0.275. The molecule has 0 spiro atoms. The van der Waals surface area contributed by atoms with Gasteiger partial charge in [-0.25, -0.2) is 4.98 Å². The molecule has 2 aliphatic heterocycles. The number of hydrogen-bond acceptors (Lipinski definition) is 6. The van der Waals surface area contributed by atoms with Gasteiger partial charge in [0.15, 0.2) is 29.2 Å². The van der Waals surface area contributed by atoms with Crippen LogP contribution in [0.3, 0.4) is 0 Å². The van der Waals surface area contributed by atoms with Crippen LogP contribution in [0.4, 0.5) is 0 Å². The largest absolute Gasteiger partial charge is 0.454 e. The van der Waals surface area contributed by atoms with Gasteiger partial charge in [0.05, 0.1) is 28.2 Å². The Morgan fingerprint density at radius 1 is 0.909 bits per heavy atom. The molecule has 7 rings (SSSR count). The minimum atomic E-state index is 0.275. The molecule has 166 valence electrons. The Bertz CT molecular complexity index is 1500. The Hall–Kier alpha value is -4.04. The van der Waals surface area contributed by atoms with Crippen LogP contribution in [0.5, 0.6) is 23.0 Å². The van der Waals surface area contributed by atoms with E-state index in [9.17, 15) is 0 Å². The van der Waals surface area contributed by atoms with E-state index in [1.165, 1.54) is 5.39 Å². The van der Waals surface area contributed by atoms with Crippen LogP contribution in [0.25, 0.3) is 32.4 Å². The molecule has 0 fully saturated rings. The van der Waals surface area contributed by atoms with Gasteiger partial charge in [0, 0.05) is 18.0 Å². The number of aryl methyl sites for hydroxylation is 1. The number of benzene rings is 3. The molecule has 2 aliphatic rings. The SMILES string of the molecule is C[n+]1cc2c3c(ccc2c2ccc4cc5c(cc4c21)OCO5)OCO3.NCCc1c[nH]cn1. The van der Waals surface area contributed by atoms with E-state index < -0.39 is 0 Å². The van der Waals surface area contributed by atoms with Gasteiger partial charge in [0.25, 0.3) is 0 Å². The van der Waals surface area contributed by atoms with Crippen LogP contribution in [0, 0.1) is 0 Å². The zero-order valence-electron chi connectivity index (χ0n) is 18.1. The average molecular weight is 443 g/mol. The molecule has 0 aliphatic carbocycles. The fraction of sp³-hybridized carbons (Fsp3) is 0.200. The molecule has 0 atom stereocenters. The van der Waals surface area contributed by atoms with E-state index in [4.69, 9.17) is 24.7 Å². The Morgan fingerprint density at radius 3 is 2.52 bits per heavy atom.